The molecule has 0 saturated heterocycles. The summed E-state index contributed by atoms with van der Waals surface area (Å²) in [6.45, 7) is 6.83. The van der Waals surface area contributed by atoms with Crippen LogP contribution in [-0.4, -0.2) is 8.07 Å². The van der Waals surface area contributed by atoms with Crippen molar-refractivity contribution >= 4 is 14.1 Å². The lowest BCUT2D eigenvalue weighted by Crippen LogP contribution is -2.14. The fraction of sp³-hybridized carbons (Fsp3) is 0.176. The molecule has 0 aliphatic rings. The first kappa shape index (κ1) is 14.1. The normalized spacial score (nSPS) is 10.8. The Morgan fingerprint density at radius 2 is 1.50 bits per heavy atom. The molecule has 0 saturated carbocycles. The third kappa shape index (κ3) is 7.33. The minimum atomic E-state index is -1.12. The number of benzene rings is 1. The molecule has 0 spiro atoms. The second kappa shape index (κ2) is 7.38. The molecule has 0 aromatic heterocycles. The third-order valence-electron chi connectivity index (χ3n) is 2.03. The average molecular weight is 250 g/mol. The van der Waals surface area contributed by atoms with Crippen molar-refractivity contribution in [2.45, 2.75) is 19.6 Å². The summed E-state index contributed by atoms with van der Waals surface area (Å²) in [5.41, 5.74) is 3.36. The molecule has 0 N–H and O–H groups in total. The van der Waals surface area contributed by atoms with Gasteiger partial charge in [-0.05, 0) is 35.6 Å². The van der Waals surface area contributed by atoms with Crippen LogP contribution in [0, 0.1) is 23.7 Å². The Kier molecular flexibility index (Phi) is 5.78. The molecule has 0 unspecified atom stereocenters. The fourth-order valence-electron chi connectivity index (χ4n) is 1.15. The van der Waals surface area contributed by atoms with Crippen LogP contribution >= 0.6 is 0 Å². The molecule has 0 nitrogen and oxygen atoms in total. The van der Waals surface area contributed by atoms with Crippen molar-refractivity contribution in [1.29, 1.82) is 0 Å². The van der Waals surface area contributed by atoms with E-state index in [-0.39, 0.29) is 0 Å². The Balaban J connectivity index is 2.47. The van der Waals surface area contributed by atoms with E-state index in [0.29, 0.717) is 0 Å². The second-order valence-electron chi connectivity index (χ2n) is 4.98. The molecule has 0 fully saturated rings. The van der Waals surface area contributed by atoms with Gasteiger partial charge in [-0.15, -0.1) is 0 Å². The van der Waals surface area contributed by atoms with E-state index in [4.69, 9.17) is 0 Å². The van der Waals surface area contributed by atoms with E-state index in [1.54, 1.807) is 0 Å². The van der Waals surface area contributed by atoms with Crippen LogP contribution in [0.3, 0.4) is 0 Å². The maximum absolute atomic E-state index is 2.94. The molecule has 0 atom stereocenters. The Morgan fingerprint density at radius 3 is 2.11 bits per heavy atom. The van der Waals surface area contributed by atoms with Gasteiger partial charge in [-0.2, -0.15) is 0 Å². The standard InChI is InChI=1S/C17H18Si/c1-18(2,3)16-12-7-5-4-6-9-13-17-14-10-8-11-15-17/h8-16H,1-3H3/b13-9+,16-12+. The highest BCUT2D eigenvalue weighted by atomic mass is 28.3. The first-order valence-corrected chi connectivity index (χ1v) is 9.56. The summed E-state index contributed by atoms with van der Waals surface area (Å²) in [6, 6.07) is 10.1. The van der Waals surface area contributed by atoms with Crippen molar-refractivity contribution in [2.75, 3.05) is 0 Å². The van der Waals surface area contributed by atoms with E-state index < -0.39 is 8.07 Å². The van der Waals surface area contributed by atoms with Crippen molar-refractivity contribution in [2.24, 2.45) is 0 Å². The van der Waals surface area contributed by atoms with Crippen LogP contribution < -0.4 is 0 Å². The smallest absolute Gasteiger partial charge is 0.0695 e. The molecule has 18 heavy (non-hydrogen) atoms. The summed E-state index contributed by atoms with van der Waals surface area (Å²) in [4.78, 5) is 0. The number of allylic oxidation sites excluding steroid dienone is 2. The lowest BCUT2D eigenvalue weighted by atomic mass is 10.2. The molecule has 1 aromatic carbocycles. The lowest BCUT2D eigenvalue weighted by molar-refractivity contribution is 1.66. The average Bonchev–Trinajstić information content (AvgIpc) is 2.32. The summed E-state index contributed by atoms with van der Waals surface area (Å²) in [5, 5.41) is 0. The van der Waals surface area contributed by atoms with Gasteiger partial charge in [0.15, 0.2) is 0 Å². The molecule has 0 radical (unpaired) electrons. The highest BCUT2D eigenvalue weighted by Gasteiger charge is 2.05. The maximum Gasteiger partial charge on any atom is 0.0695 e. The Labute approximate surface area is 111 Å². The third-order valence-corrected chi connectivity index (χ3v) is 3.20. The summed E-state index contributed by atoms with van der Waals surface area (Å²) >= 11 is 0. The maximum atomic E-state index is 2.94. The fourth-order valence-corrected chi connectivity index (χ4v) is 1.73. The van der Waals surface area contributed by atoms with Crippen LogP contribution in [-0.2, 0) is 0 Å². The predicted octanol–water partition coefficient (Wildman–Crippen LogP) is 4.14. The summed E-state index contributed by atoms with van der Waals surface area (Å²) in [7, 11) is -1.12. The van der Waals surface area contributed by atoms with Gasteiger partial charge in [-0.1, -0.05) is 67.5 Å². The molecule has 0 heterocycles. The highest BCUT2D eigenvalue weighted by Crippen LogP contribution is 2.00. The molecule has 0 aliphatic carbocycles. The Bertz CT molecular complexity index is 534. The van der Waals surface area contributed by atoms with E-state index in [9.17, 15) is 0 Å². The van der Waals surface area contributed by atoms with Crippen molar-refractivity contribution in [3.63, 3.8) is 0 Å². The van der Waals surface area contributed by atoms with Crippen LogP contribution in [0.5, 0.6) is 0 Å². The molecular weight excluding hydrogens is 232 g/mol. The van der Waals surface area contributed by atoms with Gasteiger partial charge in [-0.25, -0.2) is 0 Å². The predicted molar refractivity (Wildman–Crippen MR) is 83.5 cm³/mol. The monoisotopic (exact) mass is 250 g/mol. The zero-order valence-corrected chi connectivity index (χ0v) is 12.2. The molecule has 0 aliphatic heterocycles. The van der Waals surface area contributed by atoms with Gasteiger partial charge in [0.2, 0.25) is 0 Å². The number of hydrogen-bond acceptors (Lipinski definition) is 0. The summed E-state index contributed by atoms with van der Waals surface area (Å²) < 4.78 is 0. The van der Waals surface area contributed by atoms with Gasteiger partial charge in [0.25, 0.3) is 0 Å². The minimum Gasteiger partial charge on any atom is -0.0868 e. The van der Waals surface area contributed by atoms with Gasteiger partial charge in [0, 0.05) is 0 Å². The highest BCUT2D eigenvalue weighted by molar-refractivity contribution is 6.81. The molecule has 1 heteroatoms. The Hall–Kier alpha value is -1.96. The zero-order chi connectivity index (χ0) is 13.3. The van der Waals surface area contributed by atoms with Gasteiger partial charge in [0.05, 0.1) is 8.07 Å². The van der Waals surface area contributed by atoms with Crippen molar-refractivity contribution in [1.82, 2.24) is 0 Å². The first-order valence-electron chi connectivity index (χ1n) is 5.98. The molecule has 0 bridgehead atoms. The van der Waals surface area contributed by atoms with Crippen molar-refractivity contribution in [3.05, 3.63) is 53.7 Å². The van der Waals surface area contributed by atoms with E-state index in [1.165, 1.54) is 0 Å². The number of hydrogen-bond donors (Lipinski definition) is 0. The van der Waals surface area contributed by atoms with E-state index in [1.807, 2.05) is 48.6 Å². The van der Waals surface area contributed by atoms with Crippen molar-refractivity contribution in [3.8, 4) is 23.7 Å². The van der Waals surface area contributed by atoms with Crippen LogP contribution in [0.1, 0.15) is 5.56 Å². The zero-order valence-electron chi connectivity index (χ0n) is 11.2. The van der Waals surface area contributed by atoms with E-state index in [0.717, 1.165) is 5.56 Å². The Morgan fingerprint density at radius 1 is 0.889 bits per heavy atom. The second-order valence-corrected chi connectivity index (χ2v) is 10.0. The summed E-state index contributed by atoms with van der Waals surface area (Å²) in [5.74, 6) is 11.5. The first-order chi connectivity index (χ1) is 8.58. The number of rotatable bonds is 2. The van der Waals surface area contributed by atoms with Crippen molar-refractivity contribution < 1.29 is 0 Å². The molecular formula is C17H18Si. The van der Waals surface area contributed by atoms with Gasteiger partial charge in [0.1, 0.15) is 0 Å². The quantitative estimate of drug-likeness (QED) is 0.546. The largest absolute Gasteiger partial charge is 0.0868 e. The van der Waals surface area contributed by atoms with Gasteiger partial charge < -0.3 is 0 Å². The van der Waals surface area contributed by atoms with E-state index in [2.05, 4.69) is 49.0 Å². The molecule has 1 rings (SSSR count). The topological polar surface area (TPSA) is 0 Å². The van der Waals surface area contributed by atoms with Crippen LogP contribution in [0.15, 0.2) is 48.2 Å². The summed E-state index contributed by atoms with van der Waals surface area (Å²) in [6.07, 6.45) is 5.72. The SMILES string of the molecule is C[Si](C)(C)/C=C/C#CC#C/C=C/c1ccccc1. The molecule has 0 amide bonds. The van der Waals surface area contributed by atoms with Crippen LogP contribution in [0.4, 0.5) is 0 Å². The van der Waals surface area contributed by atoms with E-state index >= 15 is 0 Å². The van der Waals surface area contributed by atoms with Gasteiger partial charge in [-0.3, -0.25) is 0 Å². The minimum absolute atomic E-state index is 1.12. The van der Waals surface area contributed by atoms with Crippen LogP contribution in [0.2, 0.25) is 19.6 Å². The molecule has 1 aromatic rings. The molecule has 90 valence electrons. The van der Waals surface area contributed by atoms with Crippen LogP contribution in [0.25, 0.3) is 6.08 Å². The lowest BCUT2D eigenvalue weighted by Gasteiger charge is -2.05. The van der Waals surface area contributed by atoms with Gasteiger partial charge >= 0.3 is 0 Å².